The standard InChI is InChI=1S/C16H10N4O9S.Na/c21-14-4-1-8-5-10(30(27,28)29)2-3-11(8)15(14)18-17-12-6-9(19(23)24)7-13(16(12)22)20(25)26;/h1-7,21-22H,(H,27,28,29);. The average molecular weight is 457 g/mol. The van der Waals surface area contributed by atoms with Gasteiger partial charge in [0.25, 0.3) is 15.8 Å². The number of hydrogen-bond acceptors (Lipinski definition) is 10. The van der Waals surface area contributed by atoms with Gasteiger partial charge in [-0.15, -0.1) is 10.2 Å². The Hall–Kier alpha value is -3.17. The molecule has 0 amide bonds. The number of phenols is 2. The fourth-order valence-corrected chi connectivity index (χ4v) is 3.08. The van der Waals surface area contributed by atoms with Crippen molar-refractivity contribution < 1.29 is 33.0 Å². The minimum atomic E-state index is -4.48. The van der Waals surface area contributed by atoms with Gasteiger partial charge < -0.3 is 10.2 Å². The van der Waals surface area contributed by atoms with Crippen LogP contribution in [0.2, 0.25) is 0 Å². The van der Waals surface area contributed by atoms with E-state index in [1.807, 2.05) is 0 Å². The second kappa shape index (κ2) is 8.91. The van der Waals surface area contributed by atoms with Gasteiger partial charge >= 0.3 is 5.69 Å². The zero-order valence-electron chi connectivity index (χ0n) is 15.5. The first-order chi connectivity index (χ1) is 14.0. The van der Waals surface area contributed by atoms with Gasteiger partial charge in [-0.3, -0.25) is 24.8 Å². The first-order valence-electron chi connectivity index (χ1n) is 7.80. The normalized spacial score (nSPS) is 11.4. The first-order valence-corrected chi connectivity index (χ1v) is 9.24. The van der Waals surface area contributed by atoms with E-state index in [1.165, 1.54) is 12.1 Å². The predicted octanol–water partition coefficient (Wildman–Crippen LogP) is 3.35. The van der Waals surface area contributed by atoms with Crippen molar-refractivity contribution in [1.29, 1.82) is 0 Å². The number of benzene rings is 3. The molecule has 3 N–H and O–H groups in total. The summed E-state index contributed by atoms with van der Waals surface area (Å²) in [4.78, 5) is 19.6. The van der Waals surface area contributed by atoms with E-state index in [0.29, 0.717) is 6.07 Å². The van der Waals surface area contributed by atoms with Gasteiger partial charge in [0.15, 0.2) is 0 Å². The molecule has 0 aliphatic carbocycles. The summed E-state index contributed by atoms with van der Waals surface area (Å²) in [6.07, 6.45) is 0. The first kappa shape index (κ1) is 24.1. The zero-order valence-corrected chi connectivity index (χ0v) is 18.3. The van der Waals surface area contributed by atoms with E-state index in [1.54, 1.807) is 0 Å². The molecule has 0 bridgehead atoms. The number of nitro benzene ring substituents is 2. The van der Waals surface area contributed by atoms with Crippen LogP contribution < -0.4 is 0 Å². The van der Waals surface area contributed by atoms with Crippen molar-refractivity contribution in [2.75, 3.05) is 0 Å². The third-order valence-electron chi connectivity index (χ3n) is 3.96. The van der Waals surface area contributed by atoms with Crippen LogP contribution in [0.25, 0.3) is 10.8 Å². The van der Waals surface area contributed by atoms with E-state index in [-0.39, 0.29) is 46.0 Å². The molecule has 0 saturated heterocycles. The van der Waals surface area contributed by atoms with Crippen molar-refractivity contribution in [1.82, 2.24) is 0 Å². The molecule has 0 atom stereocenters. The number of hydrogen-bond donors (Lipinski definition) is 3. The molecule has 3 aromatic carbocycles. The average Bonchev–Trinajstić information content (AvgIpc) is 2.66. The molecule has 3 aromatic rings. The summed E-state index contributed by atoms with van der Waals surface area (Å²) in [5, 5.41) is 49.8. The molecule has 155 valence electrons. The molecule has 0 spiro atoms. The zero-order chi connectivity index (χ0) is 22.2. The third-order valence-corrected chi connectivity index (χ3v) is 4.81. The van der Waals surface area contributed by atoms with Gasteiger partial charge in [-0.1, -0.05) is 12.1 Å². The van der Waals surface area contributed by atoms with Crippen molar-refractivity contribution in [2.45, 2.75) is 4.90 Å². The summed E-state index contributed by atoms with van der Waals surface area (Å²) < 4.78 is 31.7. The van der Waals surface area contributed by atoms with Gasteiger partial charge in [0.2, 0.25) is 5.75 Å². The van der Waals surface area contributed by atoms with Crippen molar-refractivity contribution in [3.8, 4) is 11.5 Å². The summed E-state index contributed by atoms with van der Waals surface area (Å²) in [6.45, 7) is 0. The van der Waals surface area contributed by atoms with Crippen LogP contribution in [0, 0.1) is 20.2 Å². The Morgan fingerprint density at radius 1 is 0.903 bits per heavy atom. The molecule has 0 aliphatic rings. The summed E-state index contributed by atoms with van der Waals surface area (Å²) >= 11 is 0. The second-order valence-corrected chi connectivity index (χ2v) is 7.26. The molecule has 0 unspecified atom stereocenters. The van der Waals surface area contributed by atoms with E-state index in [4.69, 9.17) is 4.55 Å². The summed E-state index contributed by atoms with van der Waals surface area (Å²) in [7, 11) is -4.48. The van der Waals surface area contributed by atoms with Crippen molar-refractivity contribution >= 4 is 73.2 Å². The molecule has 3 rings (SSSR count). The van der Waals surface area contributed by atoms with Crippen LogP contribution in [0.1, 0.15) is 0 Å². The van der Waals surface area contributed by atoms with Gasteiger partial charge in [0, 0.05) is 41.0 Å². The summed E-state index contributed by atoms with van der Waals surface area (Å²) in [5.74, 6) is -1.38. The quantitative estimate of drug-likeness (QED) is 0.168. The minimum absolute atomic E-state index is 0. The molecule has 0 aromatic heterocycles. The monoisotopic (exact) mass is 457 g/mol. The minimum Gasteiger partial charge on any atom is -0.506 e. The van der Waals surface area contributed by atoms with Gasteiger partial charge in [0.1, 0.15) is 17.1 Å². The maximum absolute atomic E-state index is 11.3. The fourth-order valence-electron chi connectivity index (χ4n) is 2.56. The number of azo groups is 1. The van der Waals surface area contributed by atoms with Gasteiger partial charge in [0.05, 0.1) is 20.8 Å². The fraction of sp³-hybridized carbons (Fsp3) is 0. The molecule has 15 heteroatoms. The molecule has 31 heavy (non-hydrogen) atoms. The third kappa shape index (κ3) is 4.95. The van der Waals surface area contributed by atoms with Crippen LogP contribution in [-0.2, 0) is 10.1 Å². The van der Waals surface area contributed by atoms with E-state index >= 15 is 0 Å². The molecule has 0 aliphatic heterocycles. The van der Waals surface area contributed by atoms with Crippen molar-refractivity contribution in [2.24, 2.45) is 10.2 Å². The van der Waals surface area contributed by atoms with E-state index in [2.05, 4.69) is 10.2 Å². The van der Waals surface area contributed by atoms with Crippen molar-refractivity contribution in [3.05, 3.63) is 62.7 Å². The number of non-ortho nitro benzene ring substituents is 1. The van der Waals surface area contributed by atoms with Crippen LogP contribution in [0.4, 0.5) is 22.7 Å². The van der Waals surface area contributed by atoms with E-state index < -0.39 is 53.4 Å². The predicted molar refractivity (Wildman–Crippen MR) is 107 cm³/mol. The van der Waals surface area contributed by atoms with Crippen LogP contribution in [0.15, 0.2) is 57.6 Å². The van der Waals surface area contributed by atoms with Crippen LogP contribution >= 0.6 is 0 Å². The maximum Gasteiger partial charge on any atom is 0.319 e. The van der Waals surface area contributed by atoms with E-state index in [9.17, 15) is 38.9 Å². The largest absolute Gasteiger partial charge is 0.506 e. The number of rotatable bonds is 5. The Morgan fingerprint density at radius 3 is 2.16 bits per heavy atom. The van der Waals surface area contributed by atoms with Gasteiger partial charge in [-0.05, 0) is 23.6 Å². The number of aromatic hydroxyl groups is 2. The smallest absolute Gasteiger partial charge is 0.319 e. The molecular weight excluding hydrogens is 447 g/mol. The number of nitro groups is 2. The van der Waals surface area contributed by atoms with Crippen LogP contribution in [0.3, 0.4) is 0 Å². The number of fused-ring (bicyclic) bond motifs is 1. The SMILES string of the molecule is O=[N+]([O-])c1cc(N=Nc2c(O)ccc3cc(S(=O)(=O)O)ccc23)c(O)c([N+](=O)[O-])c1.[Na]. The van der Waals surface area contributed by atoms with E-state index in [0.717, 1.165) is 24.3 Å². The Morgan fingerprint density at radius 2 is 1.58 bits per heavy atom. The molecule has 0 saturated carbocycles. The Balaban J connectivity index is 0.00000341. The van der Waals surface area contributed by atoms with Crippen LogP contribution in [0.5, 0.6) is 11.5 Å². The molecule has 13 nitrogen and oxygen atoms in total. The van der Waals surface area contributed by atoms with Crippen LogP contribution in [-0.4, -0.2) is 62.6 Å². The molecular formula is C16H10N4NaO9S. The second-order valence-electron chi connectivity index (χ2n) is 5.84. The number of nitrogens with zero attached hydrogens (tertiary/aromatic N) is 4. The molecule has 0 heterocycles. The van der Waals surface area contributed by atoms with Gasteiger partial charge in [-0.25, -0.2) is 0 Å². The molecule has 1 radical (unpaired) electrons. The Kier molecular flexibility index (Phi) is 6.93. The van der Waals surface area contributed by atoms with Gasteiger partial charge in [-0.2, -0.15) is 8.42 Å². The summed E-state index contributed by atoms with van der Waals surface area (Å²) in [5.41, 5.74) is -2.48. The Bertz CT molecular complexity index is 1360. The maximum atomic E-state index is 11.3. The Labute approximate surface area is 195 Å². The topological polar surface area (TPSA) is 206 Å². The molecule has 0 fully saturated rings. The van der Waals surface area contributed by atoms with Crippen molar-refractivity contribution in [3.63, 3.8) is 0 Å². The summed E-state index contributed by atoms with van der Waals surface area (Å²) in [6, 6.07) is 7.19. The number of phenolic OH excluding ortho intramolecular Hbond substituents is 2.